The van der Waals surface area contributed by atoms with E-state index >= 15 is 0 Å². The van der Waals surface area contributed by atoms with Gasteiger partial charge < -0.3 is 14.7 Å². The van der Waals surface area contributed by atoms with E-state index in [2.05, 4.69) is 0 Å². The minimum atomic E-state index is -3.75. The lowest BCUT2D eigenvalue weighted by Gasteiger charge is -2.35. The van der Waals surface area contributed by atoms with Gasteiger partial charge in [0.2, 0.25) is 10.0 Å². The molecule has 10 heteroatoms. The van der Waals surface area contributed by atoms with E-state index in [1.54, 1.807) is 12.1 Å². The molecule has 0 aromatic heterocycles. The van der Waals surface area contributed by atoms with Crippen molar-refractivity contribution in [3.63, 3.8) is 0 Å². The minimum absolute atomic E-state index is 0.0594. The van der Waals surface area contributed by atoms with E-state index in [0.717, 1.165) is 5.69 Å². The largest absolute Gasteiger partial charge is 0.478 e. The second-order valence-corrected chi connectivity index (χ2v) is 10.1. The van der Waals surface area contributed by atoms with Crippen LogP contribution in [0.4, 0.5) is 5.69 Å². The number of rotatable bonds is 6. The number of benzene rings is 2. The van der Waals surface area contributed by atoms with Crippen LogP contribution in [0.3, 0.4) is 0 Å². The van der Waals surface area contributed by atoms with E-state index < -0.39 is 21.6 Å². The highest BCUT2D eigenvalue weighted by Gasteiger charge is 2.32. The topological polar surface area (TPSA) is 87.2 Å². The lowest BCUT2D eigenvalue weighted by molar-refractivity contribution is -0.152. The molecular formula is C20H22Cl2N2O5S. The van der Waals surface area contributed by atoms with Crippen LogP contribution in [0.1, 0.15) is 13.8 Å². The Bertz CT molecular complexity index is 1050. The molecule has 1 aliphatic heterocycles. The maximum atomic E-state index is 13.1. The monoisotopic (exact) mass is 472 g/mol. The van der Waals surface area contributed by atoms with Crippen molar-refractivity contribution in [1.29, 1.82) is 0 Å². The molecule has 1 aliphatic rings. The van der Waals surface area contributed by atoms with Crippen molar-refractivity contribution in [2.75, 3.05) is 31.1 Å². The molecule has 7 nitrogen and oxygen atoms in total. The number of nitrogens with zero attached hydrogens (tertiary/aromatic N) is 2. The van der Waals surface area contributed by atoms with Gasteiger partial charge in [-0.05, 0) is 44.2 Å². The van der Waals surface area contributed by atoms with Gasteiger partial charge in [0.05, 0.1) is 14.9 Å². The number of halogens is 2. The van der Waals surface area contributed by atoms with Crippen LogP contribution in [0.2, 0.25) is 10.0 Å². The van der Waals surface area contributed by atoms with E-state index in [1.165, 1.54) is 42.4 Å². The predicted molar refractivity (Wildman–Crippen MR) is 116 cm³/mol. The molecule has 1 N–H and O–H groups in total. The molecule has 162 valence electrons. The van der Waals surface area contributed by atoms with Crippen LogP contribution in [0.5, 0.6) is 5.75 Å². The maximum absolute atomic E-state index is 13.1. The summed E-state index contributed by atoms with van der Waals surface area (Å²) in [5.74, 6) is -0.966. The van der Waals surface area contributed by atoms with E-state index in [4.69, 9.17) is 27.9 Å². The number of aliphatic carboxylic acids is 1. The zero-order valence-electron chi connectivity index (χ0n) is 16.5. The first kappa shape index (κ1) is 22.7. The molecule has 0 bridgehead atoms. The number of carbonyl (C=O) groups is 1. The van der Waals surface area contributed by atoms with Crippen molar-refractivity contribution in [2.24, 2.45) is 0 Å². The van der Waals surface area contributed by atoms with Crippen molar-refractivity contribution in [3.05, 3.63) is 52.5 Å². The second-order valence-electron chi connectivity index (χ2n) is 7.38. The first-order chi connectivity index (χ1) is 14.0. The summed E-state index contributed by atoms with van der Waals surface area (Å²) in [5, 5.41) is 10.1. The number of ether oxygens (including phenoxy) is 1. The molecule has 1 heterocycles. The van der Waals surface area contributed by atoms with Crippen molar-refractivity contribution < 1.29 is 23.1 Å². The van der Waals surface area contributed by atoms with Gasteiger partial charge in [0, 0.05) is 37.9 Å². The lowest BCUT2D eigenvalue weighted by Crippen LogP contribution is -2.48. The van der Waals surface area contributed by atoms with Crippen molar-refractivity contribution in [1.82, 2.24) is 4.31 Å². The van der Waals surface area contributed by atoms with E-state index in [1.807, 2.05) is 11.0 Å². The number of carboxylic acids is 1. The van der Waals surface area contributed by atoms with E-state index in [-0.39, 0.29) is 10.6 Å². The van der Waals surface area contributed by atoms with Gasteiger partial charge in [0.15, 0.2) is 5.60 Å². The predicted octanol–water partition coefficient (Wildman–Crippen LogP) is 3.75. The molecule has 0 atom stereocenters. The Morgan fingerprint density at radius 1 is 1.03 bits per heavy atom. The van der Waals surface area contributed by atoms with Crippen LogP contribution in [0.25, 0.3) is 0 Å². The molecule has 1 fully saturated rings. The Kier molecular flexibility index (Phi) is 6.52. The van der Waals surface area contributed by atoms with Crippen molar-refractivity contribution in [2.45, 2.75) is 24.3 Å². The zero-order chi connectivity index (χ0) is 22.1. The van der Waals surface area contributed by atoms with Crippen molar-refractivity contribution >= 4 is 44.9 Å². The summed E-state index contributed by atoms with van der Waals surface area (Å²) in [4.78, 5) is 13.4. The third-order valence-electron chi connectivity index (χ3n) is 4.84. The van der Waals surface area contributed by atoms with Gasteiger partial charge in [-0.15, -0.1) is 0 Å². The first-order valence-corrected chi connectivity index (χ1v) is 11.4. The Balaban J connectivity index is 1.73. The van der Waals surface area contributed by atoms with Gasteiger partial charge in [0.25, 0.3) is 0 Å². The molecule has 3 rings (SSSR count). The lowest BCUT2D eigenvalue weighted by atomic mass is 10.1. The molecule has 0 aliphatic carbocycles. The quantitative estimate of drug-likeness (QED) is 0.688. The number of hydrogen-bond donors (Lipinski definition) is 1. The fraction of sp³-hybridized carbons (Fsp3) is 0.350. The molecule has 2 aromatic carbocycles. The summed E-state index contributed by atoms with van der Waals surface area (Å²) in [6.45, 7) is 4.40. The molecule has 0 amide bonds. The van der Waals surface area contributed by atoms with E-state index in [0.29, 0.717) is 36.2 Å². The zero-order valence-corrected chi connectivity index (χ0v) is 18.8. The molecular weight excluding hydrogens is 451 g/mol. The Labute approximate surface area is 185 Å². The number of hydrogen-bond acceptors (Lipinski definition) is 5. The van der Waals surface area contributed by atoms with Crippen LogP contribution >= 0.6 is 23.2 Å². The van der Waals surface area contributed by atoms with Gasteiger partial charge >= 0.3 is 5.97 Å². The third-order valence-corrected chi connectivity index (χ3v) is 7.47. The highest BCUT2D eigenvalue weighted by Crippen LogP contribution is 2.29. The van der Waals surface area contributed by atoms with Gasteiger partial charge in [0.1, 0.15) is 5.75 Å². The molecule has 0 spiro atoms. The summed E-state index contributed by atoms with van der Waals surface area (Å²) in [7, 11) is -3.75. The molecule has 1 saturated heterocycles. The number of carboxylic acid groups (broad SMARTS) is 1. The van der Waals surface area contributed by atoms with Gasteiger partial charge in [-0.25, -0.2) is 13.2 Å². The van der Waals surface area contributed by atoms with Crippen LogP contribution in [0.15, 0.2) is 47.4 Å². The molecule has 2 aromatic rings. The summed E-state index contributed by atoms with van der Waals surface area (Å²) >= 11 is 12.0. The minimum Gasteiger partial charge on any atom is -0.478 e. The summed E-state index contributed by atoms with van der Waals surface area (Å²) in [6, 6.07) is 11.2. The van der Waals surface area contributed by atoms with Crippen molar-refractivity contribution in [3.8, 4) is 5.75 Å². The van der Waals surface area contributed by atoms with Crippen LogP contribution < -0.4 is 9.64 Å². The Morgan fingerprint density at radius 2 is 1.70 bits per heavy atom. The average Bonchev–Trinajstić information content (AvgIpc) is 2.70. The summed E-state index contributed by atoms with van der Waals surface area (Å²) in [6.07, 6.45) is 0. The maximum Gasteiger partial charge on any atom is 0.347 e. The highest BCUT2D eigenvalue weighted by molar-refractivity contribution is 7.89. The fourth-order valence-corrected chi connectivity index (χ4v) is 4.80. The van der Waals surface area contributed by atoms with Crippen LogP contribution in [-0.2, 0) is 14.8 Å². The van der Waals surface area contributed by atoms with E-state index in [9.17, 15) is 18.3 Å². The van der Waals surface area contributed by atoms with Crippen LogP contribution in [0, 0.1) is 0 Å². The van der Waals surface area contributed by atoms with Gasteiger partial charge in [-0.3, -0.25) is 0 Å². The summed E-state index contributed by atoms with van der Waals surface area (Å²) < 4.78 is 33.0. The molecule has 30 heavy (non-hydrogen) atoms. The average molecular weight is 473 g/mol. The van der Waals surface area contributed by atoms with Gasteiger partial charge in [-0.1, -0.05) is 29.3 Å². The number of sulfonamides is 1. The SMILES string of the molecule is CC(C)(Oc1cccc(S(=O)(=O)N2CCN(c3ccc(Cl)c(Cl)c3)CC2)c1)C(=O)O. The fourth-order valence-electron chi connectivity index (χ4n) is 3.05. The smallest absolute Gasteiger partial charge is 0.347 e. The normalized spacial score (nSPS) is 15.8. The third kappa shape index (κ3) is 4.83. The molecule has 0 unspecified atom stereocenters. The highest BCUT2D eigenvalue weighted by atomic mass is 35.5. The summed E-state index contributed by atoms with van der Waals surface area (Å²) in [5.41, 5.74) is -0.596. The molecule has 0 saturated carbocycles. The second kappa shape index (κ2) is 8.63. The Hall–Kier alpha value is -2.00. The standard InChI is InChI=1S/C20H22Cl2N2O5S/c1-20(2,19(25)26)29-15-4-3-5-16(13-15)30(27,28)24-10-8-23(9-11-24)14-6-7-17(21)18(22)12-14/h3-7,12-13H,8-11H2,1-2H3,(H,25,26). The number of piperazine rings is 1. The Morgan fingerprint density at radius 3 is 2.30 bits per heavy atom. The first-order valence-electron chi connectivity index (χ1n) is 9.23. The number of anilines is 1. The van der Waals surface area contributed by atoms with Crippen LogP contribution in [-0.4, -0.2) is 55.6 Å². The van der Waals surface area contributed by atoms with Gasteiger partial charge in [-0.2, -0.15) is 4.31 Å². The molecule has 0 radical (unpaired) electrons.